The number of phenolic OH excluding ortho intramolecular Hbond substituents is 3. The smallest absolute Gasteiger partial charge is 0.338 e. The van der Waals surface area contributed by atoms with Crippen LogP contribution in [0.2, 0.25) is 0 Å². The maximum absolute atomic E-state index is 11.9. The zero-order chi connectivity index (χ0) is 15.4. The van der Waals surface area contributed by atoms with Crippen molar-refractivity contribution < 1.29 is 29.6 Å². The Balaban J connectivity index is 2.08. The van der Waals surface area contributed by atoms with Gasteiger partial charge in [0.15, 0.2) is 6.61 Å². The number of rotatable bonds is 4. The Morgan fingerprint density at radius 3 is 2.10 bits per heavy atom. The molecule has 21 heavy (non-hydrogen) atoms. The van der Waals surface area contributed by atoms with E-state index in [1.165, 1.54) is 12.1 Å². The Morgan fingerprint density at radius 1 is 0.952 bits per heavy atom. The number of phenols is 3. The molecule has 108 valence electrons. The molecule has 0 unspecified atom stereocenters. The number of Topliss-reactive ketones (excluding diaryl/α,β-unsaturated/α-hetero) is 1. The third kappa shape index (κ3) is 3.30. The third-order valence-electron chi connectivity index (χ3n) is 2.70. The van der Waals surface area contributed by atoms with Crippen molar-refractivity contribution in [3.8, 4) is 17.2 Å². The summed E-state index contributed by atoms with van der Waals surface area (Å²) in [6, 6.07) is 9.91. The molecule has 0 fully saturated rings. The number of carbonyl (C=O) groups excluding carboxylic acids is 2. The first-order chi connectivity index (χ1) is 9.99. The van der Waals surface area contributed by atoms with Crippen LogP contribution in [-0.2, 0) is 4.74 Å². The number of ether oxygens (including phenoxy) is 1. The summed E-state index contributed by atoms with van der Waals surface area (Å²) >= 11 is 0. The molecule has 3 N–H and O–H groups in total. The highest BCUT2D eigenvalue weighted by molar-refractivity contribution is 6.03. The van der Waals surface area contributed by atoms with Crippen molar-refractivity contribution in [3.63, 3.8) is 0 Å². The Kier molecular flexibility index (Phi) is 4.08. The van der Waals surface area contributed by atoms with Crippen LogP contribution in [0, 0.1) is 0 Å². The fourth-order valence-electron chi connectivity index (χ4n) is 1.74. The van der Waals surface area contributed by atoms with E-state index in [1.54, 1.807) is 18.2 Å². The predicted octanol–water partition coefficient (Wildman–Crippen LogP) is 1.84. The van der Waals surface area contributed by atoms with Gasteiger partial charge >= 0.3 is 5.97 Å². The lowest BCUT2D eigenvalue weighted by Gasteiger charge is -2.08. The second kappa shape index (κ2) is 5.96. The van der Waals surface area contributed by atoms with Crippen molar-refractivity contribution in [2.45, 2.75) is 0 Å². The number of esters is 1. The quantitative estimate of drug-likeness (QED) is 0.586. The molecule has 0 saturated carbocycles. The van der Waals surface area contributed by atoms with Crippen molar-refractivity contribution >= 4 is 11.8 Å². The maximum Gasteiger partial charge on any atom is 0.338 e. The minimum absolute atomic E-state index is 0.282. The van der Waals surface area contributed by atoms with Crippen molar-refractivity contribution in [3.05, 3.63) is 53.6 Å². The van der Waals surface area contributed by atoms with E-state index in [4.69, 9.17) is 9.84 Å². The zero-order valence-corrected chi connectivity index (χ0v) is 10.8. The van der Waals surface area contributed by atoms with Gasteiger partial charge in [-0.15, -0.1) is 0 Å². The van der Waals surface area contributed by atoms with Crippen LogP contribution in [0.3, 0.4) is 0 Å². The molecule has 0 aliphatic carbocycles. The van der Waals surface area contributed by atoms with Gasteiger partial charge in [0, 0.05) is 12.1 Å². The van der Waals surface area contributed by atoms with Gasteiger partial charge in [0.1, 0.15) is 22.8 Å². The molecule has 0 heterocycles. The van der Waals surface area contributed by atoms with Crippen LogP contribution in [0.25, 0.3) is 0 Å². The van der Waals surface area contributed by atoms with Crippen molar-refractivity contribution in [1.29, 1.82) is 0 Å². The average Bonchev–Trinajstić information content (AvgIpc) is 2.44. The van der Waals surface area contributed by atoms with Gasteiger partial charge in [0.2, 0.25) is 5.78 Å². The zero-order valence-electron chi connectivity index (χ0n) is 10.8. The molecule has 0 atom stereocenters. The van der Waals surface area contributed by atoms with Crippen molar-refractivity contribution in [2.24, 2.45) is 0 Å². The van der Waals surface area contributed by atoms with E-state index in [0.29, 0.717) is 0 Å². The number of benzene rings is 2. The molecule has 0 bridgehead atoms. The summed E-state index contributed by atoms with van der Waals surface area (Å²) in [4.78, 5) is 23.5. The lowest BCUT2D eigenvalue weighted by molar-refractivity contribution is 0.0473. The topological polar surface area (TPSA) is 104 Å². The molecule has 2 aromatic rings. The summed E-state index contributed by atoms with van der Waals surface area (Å²) in [5, 5.41) is 28.2. The molecule has 0 aromatic heterocycles. The highest BCUT2D eigenvalue weighted by Gasteiger charge is 2.19. The van der Waals surface area contributed by atoms with Crippen LogP contribution in [0.5, 0.6) is 17.2 Å². The normalized spacial score (nSPS) is 10.1. The van der Waals surface area contributed by atoms with E-state index in [0.717, 1.165) is 12.1 Å². The first-order valence-electron chi connectivity index (χ1n) is 5.99. The minimum atomic E-state index is -0.783. The highest BCUT2D eigenvalue weighted by atomic mass is 16.5. The summed E-state index contributed by atoms with van der Waals surface area (Å²) in [6.07, 6.45) is 0. The largest absolute Gasteiger partial charge is 0.508 e. The molecule has 2 rings (SSSR count). The number of hydrogen-bond acceptors (Lipinski definition) is 6. The number of aromatic hydroxyl groups is 3. The highest BCUT2D eigenvalue weighted by Crippen LogP contribution is 2.32. The van der Waals surface area contributed by atoms with E-state index in [1.807, 2.05) is 0 Å². The van der Waals surface area contributed by atoms with Crippen molar-refractivity contribution in [1.82, 2.24) is 0 Å². The van der Waals surface area contributed by atoms with Gasteiger partial charge in [-0.2, -0.15) is 0 Å². The molecule has 0 spiro atoms. The number of hydrogen-bond donors (Lipinski definition) is 3. The molecule has 0 saturated heterocycles. The van der Waals surface area contributed by atoms with E-state index in [2.05, 4.69) is 0 Å². The monoisotopic (exact) mass is 288 g/mol. The summed E-state index contributed by atoms with van der Waals surface area (Å²) in [5.41, 5.74) is -0.127. The first-order valence-corrected chi connectivity index (χ1v) is 5.99. The molecule has 0 aliphatic heterocycles. The first kappa shape index (κ1) is 14.4. The molecule has 0 amide bonds. The van der Waals surface area contributed by atoms with Crippen LogP contribution in [-0.4, -0.2) is 33.7 Å². The Labute approximate surface area is 119 Å². The Morgan fingerprint density at radius 2 is 1.52 bits per heavy atom. The van der Waals surface area contributed by atoms with E-state index < -0.39 is 35.4 Å². The number of ketones is 1. The van der Waals surface area contributed by atoms with Gasteiger partial charge in [0.25, 0.3) is 0 Å². The van der Waals surface area contributed by atoms with E-state index in [-0.39, 0.29) is 11.3 Å². The molecule has 0 aliphatic rings. The van der Waals surface area contributed by atoms with Crippen molar-refractivity contribution in [2.75, 3.05) is 6.61 Å². The van der Waals surface area contributed by atoms with Crippen LogP contribution in [0.15, 0.2) is 42.5 Å². The van der Waals surface area contributed by atoms with Gasteiger partial charge in [0.05, 0.1) is 5.56 Å². The second-order valence-electron chi connectivity index (χ2n) is 4.22. The van der Waals surface area contributed by atoms with Crippen LogP contribution in [0.1, 0.15) is 20.7 Å². The standard InChI is InChI=1S/C15H12O6/c16-10-6-11(17)14(12(18)7-10)13(19)8-21-15(20)9-4-2-1-3-5-9/h1-7,16-18H,8H2. The van der Waals surface area contributed by atoms with Crippen LogP contribution in [0.4, 0.5) is 0 Å². The lowest BCUT2D eigenvalue weighted by atomic mass is 10.1. The molecule has 0 radical (unpaired) electrons. The van der Waals surface area contributed by atoms with E-state index in [9.17, 15) is 19.8 Å². The molecular formula is C15H12O6. The van der Waals surface area contributed by atoms with Gasteiger partial charge in [-0.3, -0.25) is 4.79 Å². The van der Waals surface area contributed by atoms with Gasteiger partial charge in [-0.05, 0) is 12.1 Å². The molecule has 6 nitrogen and oxygen atoms in total. The summed E-state index contributed by atoms with van der Waals surface area (Å²) < 4.78 is 4.81. The fraction of sp³-hybridized carbons (Fsp3) is 0.0667. The Bertz CT molecular complexity index is 655. The SMILES string of the molecule is O=C(OCC(=O)c1c(O)cc(O)cc1O)c1ccccc1. The fourth-order valence-corrected chi connectivity index (χ4v) is 1.74. The molecule has 6 heteroatoms. The third-order valence-corrected chi connectivity index (χ3v) is 2.70. The molecule has 2 aromatic carbocycles. The predicted molar refractivity (Wildman–Crippen MR) is 72.5 cm³/mol. The van der Waals surface area contributed by atoms with Gasteiger partial charge < -0.3 is 20.1 Å². The lowest BCUT2D eigenvalue weighted by Crippen LogP contribution is -2.14. The van der Waals surface area contributed by atoms with Crippen LogP contribution >= 0.6 is 0 Å². The maximum atomic E-state index is 11.9. The average molecular weight is 288 g/mol. The van der Waals surface area contributed by atoms with E-state index >= 15 is 0 Å². The van der Waals surface area contributed by atoms with Gasteiger partial charge in [-0.25, -0.2) is 4.79 Å². The van der Waals surface area contributed by atoms with Gasteiger partial charge in [-0.1, -0.05) is 18.2 Å². The Hall–Kier alpha value is -3.02. The summed E-state index contributed by atoms with van der Waals surface area (Å²) in [6.45, 7) is -0.639. The number of carbonyl (C=O) groups is 2. The molecular weight excluding hydrogens is 276 g/mol. The van der Waals surface area contributed by atoms with Crippen LogP contribution < -0.4 is 0 Å². The summed E-state index contributed by atoms with van der Waals surface area (Å²) in [7, 11) is 0. The minimum Gasteiger partial charge on any atom is -0.508 e. The summed E-state index contributed by atoms with van der Waals surface area (Å²) in [5.74, 6) is -3.04. The second-order valence-corrected chi connectivity index (χ2v) is 4.22.